The van der Waals surface area contributed by atoms with Crippen molar-refractivity contribution in [1.29, 1.82) is 0 Å². The molecule has 1 aliphatic rings. The third kappa shape index (κ3) is 4.65. The third-order valence-electron chi connectivity index (χ3n) is 3.17. The summed E-state index contributed by atoms with van der Waals surface area (Å²) in [5.41, 5.74) is 0. The van der Waals surface area contributed by atoms with Crippen LogP contribution in [0.3, 0.4) is 0 Å². The molecule has 1 aromatic rings. The summed E-state index contributed by atoms with van der Waals surface area (Å²) in [6.07, 6.45) is 6.07. The van der Waals surface area contributed by atoms with Gasteiger partial charge in [-0.2, -0.15) is 5.10 Å². The van der Waals surface area contributed by atoms with E-state index in [0.717, 1.165) is 25.9 Å². The van der Waals surface area contributed by atoms with E-state index in [1.54, 1.807) is 6.07 Å². The van der Waals surface area contributed by atoms with Crippen LogP contribution in [0.2, 0.25) is 0 Å². The summed E-state index contributed by atoms with van der Waals surface area (Å²) in [5.74, 6) is -0.721. The predicted molar refractivity (Wildman–Crippen MR) is 71.3 cm³/mol. The molecule has 110 valence electrons. The van der Waals surface area contributed by atoms with Crippen molar-refractivity contribution in [2.75, 3.05) is 11.9 Å². The molecule has 2 N–H and O–H groups in total. The van der Waals surface area contributed by atoms with Crippen LogP contribution in [0.5, 0.6) is 0 Å². The number of amides is 1. The molecule has 1 atom stereocenters. The largest absolute Gasteiger partial charge is 0.480 e. The first-order chi connectivity index (χ1) is 9.63. The van der Waals surface area contributed by atoms with Crippen molar-refractivity contribution in [1.82, 2.24) is 9.78 Å². The van der Waals surface area contributed by atoms with Crippen molar-refractivity contribution in [2.45, 2.75) is 44.8 Å². The van der Waals surface area contributed by atoms with E-state index in [1.807, 2.05) is 0 Å². The quantitative estimate of drug-likeness (QED) is 0.818. The molecule has 0 saturated carbocycles. The molecule has 0 radical (unpaired) electrons. The van der Waals surface area contributed by atoms with Gasteiger partial charge in [0.05, 0.1) is 6.10 Å². The molecule has 0 aliphatic carbocycles. The molecule has 1 aromatic heterocycles. The van der Waals surface area contributed by atoms with Gasteiger partial charge < -0.3 is 15.2 Å². The van der Waals surface area contributed by atoms with Gasteiger partial charge in [-0.25, -0.2) is 0 Å². The number of carbonyl (C=O) groups excluding carboxylic acids is 1. The monoisotopic (exact) mass is 281 g/mol. The van der Waals surface area contributed by atoms with Crippen LogP contribution >= 0.6 is 0 Å². The highest BCUT2D eigenvalue weighted by Gasteiger charge is 2.15. The average molecular weight is 281 g/mol. The number of aliphatic carboxylic acids is 1. The van der Waals surface area contributed by atoms with Crippen LogP contribution in [0.1, 0.15) is 32.1 Å². The lowest BCUT2D eigenvalue weighted by molar-refractivity contribution is -0.137. The molecule has 1 aliphatic heterocycles. The minimum absolute atomic E-state index is 0.125. The van der Waals surface area contributed by atoms with Crippen LogP contribution < -0.4 is 5.32 Å². The van der Waals surface area contributed by atoms with Crippen LogP contribution in [0, 0.1) is 0 Å². The Kier molecular flexibility index (Phi) is 5.11. The number of anilines is 1. The van der Waals surface area contributed by atoms with Gasteiger partial charge in [0.25, 0.3) is 0 Å². The SMILES string of the molecule is O=C(O)Cn1ccc(NC(=O)CCC2CCCCO2)n1. The number of nitrogens with zero attached hydrogens (tertiary/aromatic N) is 2. The molecule has 2 heterocycles. The first-order valence-electron chi connectivity index (χ1n) is 6.80. The van der Waals surface area contributed by atoms with Gasteiger partial charge in [0.1, 0.15) is 6.54 Å². The molecule has 0 aromatic carbocycles. The zero-order valence-electron chi connectivity index (χ0n) is 11.2. The average Bonchev–Trinajstić information content (AvgIpc) is 2.84. The van der Waals surface area contributed by atoms with Crippen LogP contribution in [0.4, 0.5) is 5.82 Å². The Labute approximate surface area is 116 Å². The Morgan fingerprint density at radius 2 is 2.35 bits per heavy atom. The third-order valence-corrected chi connectivity index (χ3v) is 3.17. The van der Waals surface area contributed by atoms with E-state index in [4.69, 9.17) is 9.84 Å². The standard InChI is InChI=1S/C13H19N3O4/c17-12(5-4-10-3-1-2-8-20-10)14-11-6-7-16(15-11)9-13(18)19/h6-7,10H,1-5,8-9H2,(H,18,19)(H,14,15,17). The van der Waals surface area contributed by atoms with E-state index < -0.39 is 5.97 Å². The second-order valence-electron chi connectivity index (χ2n) is 4.87. The summed E-state index contributed by atoms with van der Waals surface area (Å²) in [6, 6.07) is 1.58. The Bertz CT molecular complexity index is 466. The molecule has 7 heteroatoms. The maximum absolute atomic E-state index is 11.8. The summed E-state index contributed by atoms with van der Waals surface area (Å²) in [6.45, 7) is 0.567. The van der Waals surface area contributed by atoms with Gasteiger partial charge in [-0.05, 0) is 25.7 Å². The zero-order valence-corrected chi connectivity index (χ0v) is 11.2. The minimum atomic E-state index is -0.972. The number of carboxylic acids is 1. The van der Waals surface area contributed by atoms with Gasteiger partial charge in [-0.3, -0.25) is 14.3 Å². The Morgan fingerprint density at radius 3 is 3.05 bits per heavy atom. The van der Waals surface area contributed by atoms with E-state index in [2.05, 4.69) is 10.4 Å². The molecule has 1 unspecified atom stereocenters. The lowest BCUT2D eigenvalue weighted by atomic mass is 10.0. The van der Waals surface area contributed by atoms with E-state index in [9.17, 15) is 9.59 Å². The molecule has 0 bridgehead atoms. The van der Waals surface area contributed by atoms with Crippen LogP contribution in [-0.2, 0) is 20.9 Å². The molecule has 1 amide bonds. The number of nitrogens with one attached hydrogen (secondary N) is 1. The van der Waals surface area contributed by atoms with Gasteiger partial charge in [-0.15, -0.1) is 0 Å². The number of ether oxygens (including phenoxy) is 1. The highest BCUT2D eigenvalue weighted by molar-refractivity contribution is 5.89. The van der Waals surface area contributed by atoms with E-state index >= 15 is 0 Å². The van der Waals surface area contributed by atoms with Crippen LogP contribution in [0.25, 0.3) is 0 Å². The van der Waals surface area contributed by atoms with Crippen molar-refractivity contribution in [3.63, 3.8) is 0 Å². The fourth-order valence-corrected chi connectivity index (χ4v) is 2.19. The van der Waals surface area contributed by atoms with Gasteiger partial charge >= 0.3 is 5.97 Å². The lowest BCUT2D eigenvalue weighted by Gasteiger charge is -2.22. The van der Waals surface area contributed by atoms with Gasteiger partial charge in [0, 0.05) is 25.3 Å². The summed E-state index contributed by atoms with van der Waals surface area (Å²) < 4.78 is 6.83. The van der Waals surface area contributed by atoms with Gasteiger partial charge in [-0.1, -0.05) is 0 Å². The number of rotatable bonds is 6. The molecule has 20 heavy (non-hydrogen) atoms. The highest BCUT2D eigenvalue weighted by Crippen LogP contribution is 2.17. The van der Waals surface area contributed by atoms with Crippen molar-refractivity contribution in [3.8, 4) is 0 Å². The minimum Gasteiger partial charge on any atom is -0.480 e. The molecular formula is C13H19N3O4. The maximum atomic E-state index is 11.8. The molecule has 7 nitrogen and oxygen atoms in total. The Morgan fingerprint density at radius 1 is 1.50 bits per heavy atom. The first kappa shape index (κ1) is 14.5. The second-order valence-corrected chi connectivity index (χ2v) is 4.87. The number of hydrogen-bond acceptors (Lipinski definition) is 4. The fourth-order valence-electron chi connectivity index (χ4n) is 2.19. The van der Waals surface area contributed by atoms with Gasteiger partial charge in [0.2, 0.25) is 5.91 Å². The number of carbonyl (C=O) groups is 2. The number of aromatic nitrogens is 2. The molecule has 0 spiro atoms. The van der Waals surface area contributed by atoms with Crippen molar-refractivity contribution < 1.29 is 19.4 Å². The second kappa shape index (κ2) is 7.04. The Hall–Kier alpha value is -1.89. The first-order valence-corrected chi connectivity index (χ1v) is 6.80. The fraction of sp³-hybridized carbons (Fsp3) is 0.615. The predicted octanol–water partition coefficient (Wildman–Crippen LogP) is 1.26. The normalized spacial score (nSPS) is 18.7. The summed E-state index contributed by atoms with van der Waals surface area (Å²) in [7, 11) is 0. The van der Waals surface area contributed by atoms with Gasteiger partial charge in [0.15, 0.2) is 5.82 Å². The summed E-state index contributed by atoms with van der Waals surface area (Å²) in [5, 5.41) is 15.2. The maximum Gasteiger partial charge on any atom is 0.325 e. The summed E-state index contributed by atoms with van der Waals surface area (Å²) >= 11 is 0. The highest BCUT2D eigenvalue weighted by atomic mass is 16.5. The Balaban J connectivity index is 1.73. The molecule has 1 saturated heterocycles. The zero-order chi connectivity index (χ0) is 14.4. The van der Waals surface area contributed by atoms with E-state index in [-0.39, 0.29) is 18.6 Å². The molecule has 1 fully saturated rings. The van der Waals surface area contributed by atoms with E-state index in [0.29, 0.717) is 18.7 Å². The molecular weight excluding hydrogens is 262 g/mol. The van der Waals surface area contributed by atoms with Crippen molar-refractivity contribution >= 4 is 17.7 Å². The van der Waals surface area contributed by atoms with Crippen LogP contribution in [0.15, 0.2) is 12.3 Å². The van der Waals surface area contributed by atoms with E-state index in [1.165, 1.54) is 10.9 Å². The topological polar surface area (TPSA) is 93.5 Å². The number of hydrogen-bond donors (Lipinski definition) is 2. The van der Waals surface area contributed by atoms with Crippen molar-refractivity contribution in [2.24, 2.45) is 0 Å². The van der Waals surface area contributed by atoms with Crippen LogP contribution in [-0.4, -0.2) is 39.5 Å². The summed E-state index contributed by atoms with van der Waals surface area (Å²) in [4.78, 5) is 22.3. The van der Waals surface area contributed by atoms with Crippen molar-refractivity contribution in [3.05, 3.63) is 12.3 Å². The number of carboxylic acid groups (broad SMARTS) is 1. The molecule has 2 rings (SSSR count). The lowest BCUT2D eigenvalue weighted by Crippen LogP contribution is -2.22. The smallest absolute Gasteiger partial charge is 0.325 e.